The Labute approximate surface area is 98.8 Å². The zero-order valence-corrected chi connectivity index (χ0v) is 10.8. The number of nitrogens with zero attached hydrogens (tertiary/aromatic N) is 1. The third-order valence-corrected chi connectivity index (χ3v) is 3.09. The van der Waals surface area contributed by atoms with Crippen LogP contribution in [0.3, 0.4) is 0 Å². The van der Waals surface area contributed by atoms with Crippen molar-refractivity contribution < 1.29 is 4.79 Å². The molecule has 4 nitrogen and oxygen atoms in total. The van der Waals surface area contributed by atoms with Crippen molar-refractivity contribution in [2.45, 2.75) is 45.7 Å². The van der Waals surface area contributed by atoms with Gasteiger partial charge < -0.3 is 15.5 Å². The largest absolute Gasteiger partial charge is 0.352 e. The highest BCUT2D eigenvalue weighted by molar-refractivity contribution is 5.81. The molecule has 0 radical (unpaired) electrons. The average molecular weight is 227 g/mol. The maximum atomic E-state index is 11.6. The van der Waals surface area contributed by atoms with Gasteiger partial charge in [-0.1, -0.05) is 13.8 Å². The second-order valence-electron chi connectivity index (χ2n) is 4.49. The smallest absolute Gasteiger partial charge is 0.237 e. The van der Waals surface area contributed by atoms with E-state index in [9.17, 15) is 4.79 Å². The monoisotopic (exact) mass is 227 g/mol. The van der Waals surface area contributed by atoms with Crippen LogP contribution < -0.4 is 10.6 Å². The number of hydrogen-bond donors (Lipinski definition) is 2. The lowest BCUT2D eigenvalue weighted by atomic mass is 10.3. The molecule has 0 spiro atoms. The van der Waals surface area contributed by atoms with E-state index in [1.54, 1.807) is 0 Å². The van der Waals surface area contributed by atoms with E-state index in [-0.39, 0.29) is 11.9 Å². The molecule has 16 heavy (non-hydrogen) atoms. The third-order valence-electron chi connectivity index (χ3n) is 3.09. The molecule has 1 aliphatic rings. The van der Waals surface area contributed by atoms with Crippen LogP contribution in [0.1, 0.15) is 33.6 Å². The molecule has 0 saturated heterocycles. The van der Waals surface area contributed by atoms with Crippen LogP contribution in [0.4, 0.5) is 0 Å². The molecule has 0 aromatic heterocycles. The molecule has 1 fully saturated rings. The van der Waals surface area contributed by atoms with Crippen molar-refractivity contribution in [3.8, 4) is 0 Å². The van der Waals surface area contributed by atoms with Crippen LogP contribution >= 0.6 is 0 Å². The molecular weight excluding hydrogens is 202 g/mol. The summed E-state index contributed by atoms with van der Waals surface area (Å²) in [5.74, 6) is 0.141. The Kier molecular flexibility index (Phi) is 5.77. The van der Waals surface area contributed by atoms with E-state index in [1.165, 1.54) is 0 Å². The number of likely N-dealkylation sites (N-methyl/N-ethyl adjacent to an activating group) is 1. The number of hydrogen-bond acceptors (Lipinski definition) is 3. The fourth-order valence-electron chi connectivity index (χ4n) is 1.63. The van der Waals surface area contributed by atoms with Crippen molar-refractivity contribution in [1.29, 1.82) is 0 Å². The van der Waals surface area contributed by atoms with Gasteiger partial charge in [-0.25, -0.2) is 0 Å². The van der Waals surface area contributed by atoms with Crippen molar-refractivity contribution in [2.75, 3.05) is 26.2 Å². The Hall–Kier alpha value is -0.610. The van der Waals surface area contributed by atoms with E-state index in [4.69, 9.17) is 0 Å². The second kappa shape index (κ2) is 6.86. The van der Waals surface area contributed by atoms with Gasteiger partial charge in [-0.2, -0.15) is 0 Å². The molecule has 1 aliphatic carbocycles. The summed E-state index contributed by atoms with van der Waals surface area (Å²) in [4.78, 5) is 14.0. The molecule has 1 amide bonds. The molecule has 1 saturated carbocycles. The SMILES string of the molecule is CCN(CC)CCNC(C)C(=O)NC1CC1. The van der Waals surface area contributed by atoms with Crippen LogP contribution in [-0.4, -0.2) is 49.1 Å². The van der Waals surface area contributed by atoms with Crippen LogP contribution in [0.5, 0.6) is 0 Å². The van der Waals surface area contributed by atoms with Crippen molar-refractivity contribution >= 4 is 5.91 Å². The van der Waals surface area contributed by atoms with Crippen LogP contribution in [-0.2, 0) is 4.79 Å². The average Bonchev–Trinajstić information content (AvgIpc) is 3.08. The first-order valence-electron chi connectivity index (χ1n) is 6.43. The predicted molar refractivity (Wildman–Crippen MR) is 66.4 cm³/mol. The Morgan fingerprint density at radius 3 is 2.50 bits per heavy atom. The minimum Gasteiger partial charge on any atom is -0.352 e. The third kappa shape index (κ3) is 4.94. The van der Waals surface area contributed by atoms with Gasteiger partial charge in [0.1, 0.15) is 0 Å². The van der Waals surface area contributed by atoms with E-state index >= 15 is 0 Å². The summed E-state index contributed by atoms with van der Waals surface area (Å²) in [6.45, 7) is 10.3. The lowest BCUT2D eigenvalue weighted by Gasteiger charge is -2.20. The van der Waals surface area contributed by atoms with Crippen molar-refractivity contribution in [3.05, 3.63) is 0 Å². The van der Waals surface area contributed by atoms with E-state index in [0.29, 0.717) is 6.04 Å². The van der Waals surface area contributed by atoms with E-state index in [1.807, 2.05) is 6.92 Å². The van der Waals surface area contributed by atoms with Gasteiger partial charge in [0.2, 0.25) is 5.91 Å². The summed E-state index contributed by atoms with van der Waals surface area (Å²) in [7, 11) is 0. The Balaban J connectivity index is 2.08. The van der Waals surface area contributed by atoms with Gasteiger partial charge in [-0.05, 0) is 32.9 Å². The van der Waals surface area contributed by atoms with Crippen LogP contribution in [0.2, 0.25) is 0 Å². The lowest BCUT2D eigenvalue weighted by Crippen LogP contribution is -2.45. The summed E-state index contributed by atoms with van der Waals surface area (Å²) in [5, 5.41) is 6.27. The molecule has 0 bridgehead atoms. The minimum atomic E-state index is -0.0730. The molecule has 0 aliphatic heterocycles. The maximum Gasteiger partial charge on any atom is 0.237 e. The first-order valence-corrected chi connectivity index (χ1v) is 6.43. The number of nitrogens with one attached hydrogen (secondary N) is 2. The quantitative estimate of drug-likeness (QED) is 0.638. The van der Waals surface area contributed by atoms with Crippen molar-refractivity contribution in [3.63, 3.8) is 0 Å². The summed E-state index contributed by atoms with van der Waals surface area (Å²) in [5.41, 5.74) is 0. The molecule has 1 rings (SSSR count). The molecule has 1 unspecified atom stereocenters. The van der Waals surface area contributed by atoms with E-state index in [0.717, 1.165) is 39.0 Å². The molecule has 2 N–H and O–H groups in total. The maximum absolute atomic E-state index is 11.6. The number of amides is 1. The summed E-state index contributed by atoms with van der Waals surface area (Å²) < 4.78 is 0. The highest BCUT2D eigenvalue weighted by atomic mass is 16.2. The summed E-state index contributed by atoms with van der Waals surface area (Å²) >= 11 is 0. The molecule has 94 valence electrons. The fourth-order valence-corrected chi connectivity index (χ4v) is 1.63. The number of carbonyl (C=O) groups is 1. The Morgan fingerprint density at radius 2 is 2.00 bits per heavy atom. The van der Waals surface area contributed by atoms with Gasteiger partial charge in [0.15, 0.2) is 0 Å². The standard InChI is InChI=1S/C12H25N3O/c1-4-15(5-2)9-8-13-10(3)12(16)14-11-6-7-11/h10-11,13H,4-9H2,1-3H3,(H,14,16). The van der Waals surface area contributed by atoms with Gasteiger partial charge in [0, 0.05) is 19.1 Å². The van der Waals surface area contributed by atoms with Crippen LogP contribution in [0.25, 0.3) is 0 Å². The normalized spacial score (nSPS) is 17.5. The topological polar surface area (TPSA) is 44.4 Å². The van der Waals surface area contributed by atoms with Gasteiger partial charge >= 0.3 is 0 Å². The molecule has 4 heteroatoms. The zero-order valence-electron chi connectivity index (χ0n) is 10.8. The molecule has 0 aromatic carbocycles. The Morgan fingerprint density at radius 1 is 1.38 bits per heavy atom. The summed E-state index contributed by atoms with van der Waals surface area (Å²) in [6.07, 6.45) is 2.30. The highest BCUT2D eigenvalue weighted by Gasteiger charge is 2.25. The zero-order chi connectivity index (χ0) is 12.0. The second-order valence-corrected chi connectivity index (χ2v) is 4.49. The first kappa shape index (κ1) is 13.5. The number of carbonyl (C=O) groups excluding carboxylic acids is 1. The minimum absolute atomic E-state index is 0.0730. The summed E-state index contributed by atoms with van der Waals surface area (Å²) in [6, 6.07) is 0.385. The van der Waals surface area contributed by atoms with E-state index in [2.05, 4.69) is 29.4 Å². The lowest BCUT2D eigenvalue weighted by molar-refractivity contribution is -0.122. The van der Waals surface area contributed by atoms with Crippen molar-refractivity contribution in [1.82, 2.24) is 15.5 Å². The molecular formula is C12H25N3O. The highest BCUT2D eigenvalue weighted by Crippen LogP contribution is 2.18. The van der Waals surface area contributed by atoms with Gasteiger partial charge in [-0.15, -0.1) is 0 Å². The van der Waals surface area contributed by atoms with E-state index < -0.39 is 0 Å². The fraction of sp³-hybridized carbons (Fsp3) is 0.917. The van der Waals surface area contributed by atoms with Gasteiger partial charge in [0.05, 0.1) is 6.04 Å². The number of rotatable bonds is 8. The first-order chi connectivity index (χ1) is 7.67. The van der Waals surface area contributed by atoms with Crippen LogP contribution in [0, 0.1) is 0 Å². The molecule has 0 aromatic rings. The molecule has 1 atom stereocenters. The molecule has 0 heterocycles. The van der Waals surface area contributed by atoms with Gasteiger partial charge in [0.25, 0.3) is 0 Å². The van der Waals surface area contributed by atoms with Crippen LogP contribution in [0.15, 0.2) is 0 Å². The Bertz CT molecular complexity index is 212. The van der Waals surface area contributed by atoms with Gasteiger partial charge in [-0.3, -0.25) is 4.79 Å². The van der Waals surface area contributed by atoms with Crippen molar-refractivity contribution in [2.24, 2.45) is 0 Å². The predicted octanol–water partition coefficient (Wildman–Crippen LogP) is 0.585.